The number of aromatic nitrogens is 1. The molecule has 0 aliphatic carbocycles. The van der Waals surface area contributed by atoms with E-state index < -0.39 is 5.97 Å². The van der Waals surface area contributed by atoms with Gasteiger partial charge in [0.1, 0.15) is 10.8 Å². The number of carboxylic acids is 1. The van der Waals surface area contributed by atoms with Crippen LogP contribution in [0.1, 0.15) is 28.2 Å². The fourth-order valence-corrected chi connectivity index (χ4v) is 2.38. The number of carbonyl (C=O) groups excluding carboxylic acids is 1. The van der Waals surface area contributed by atoms with Gasteiger partial charge in [0.05, 0.1) is 19.4 Å². The average molecular weight is 309 g/mol. The summed E-state index contributed by atoms with van der Waals surface area (Å²) in [6.45, 7) is 2.98. The van der Waals surface area contributed by atoms with Crippen LogP contribution in [0.15, 0.2) is 28.2 Å². The molecule has 0 atom stereocenters. The lowest BCUT2D eigenvalue weighted by Gasteiger charge is -2.19. The number of nitrogens with zero attached hydrogens (tertiary/aromatic N) is 2. The third-order valence-electron chi connectivity index (χ3n) is 2.76. The summed E-state index contributed by atoms with van der Waals surface area (Å²) in [6.07, 6.45) is 1.56. The smallest absolute Gasteiger partial charge is 0.355 e. The first-order valence-corrected chi connectivity index (χ1v) is 7.21. The fourth-order valence-electron chi connectivity index (χ4n) is 1.67. The van der Waals surface area contributed by atoms with Crippen molar-refractivity contribution in [3.05, 3.63) is 40.2 Å². The topological polar surface area (TPSA) is 95.7 Å². The highest BCUT2D eigenvalue weighted by atomic mass is 32.1. The van der Waals surface area contributed by atoms with Crippen LogP contribution in [0.5, 0.6) is 0 Å². The summed E-state index contributed by atoms with van der Waals surface area (Å²) in [4.78, 5) is 28.3. The fraction of sp³-hybridized carbons (Fsp3) is 0.308. The third-order valence-corrected chi connectivity index (χ3v) is 3.61. The second kappa shape index (κ2) is 6.89. The lowest BCUT2D eigenvalue weighted by atomic mass is 10.4. The highest BCUT2D eigenvalue weighted by Gasteiger charge is 2.14. The average Bonchev–Trinajstić information content (AvgIpc) is 3.13. The van der Waals surface area contributed by atoms with Crippen LogP contribution in [0.25, 0.3) is 0 Å². The molecule has 0 saturated heterocycles. The third kappa shape index (κ3) is 4.06. The molecule has 112 valence electrons. The highest BCUT2D eigenvalue weighted by Crippen LogP contribution is 2.10. The van der Waals surface area contributed by atoms with E-state index in [1.54, 1.807) is 23.3 Å². The maximum Gasteiger partial charge on any atom is 0.355 e. The van der Waals surface area contributed by atoms with Gasteiger partial charge in [0, 0.05) is 11.9 Å². The van der Waals surface area contributed by atoms with Gasteiger partial charge in [-0.25, -0.2) is 14.6 Å². The van der Waals surface area contributed by atoms with Gasteiger partial charge in [-0.3, -0.25) is 0 Å². The number of nitrogens with one attached hydrogen (secondary N) is 1. The molecule has 2 N–H and O–H groups in total. The van der Waals surface area contributed by atoms with Crippen molar-refractivity contribution >= 4 is 23.3 Å². The summed E-state index contributed by atoms with van der Waals surface area (Å²) in [5.74, 6) is -0.369. The number of amides is 2. The zero-order chi connectivity index (χ0) is 15.2. The first-order chi connectivity index (χ1) is 10.1. The zero-order valence-electron chi connectivity index (χ0n) is 11.4. The quantitative estimate of drug-likeness (QED) is 0.852. The van der Waals surface area contributed by atoms with Crippen molar-refractivity contribution in [1.82, 2.24) is 15.2 Å². The molecule has 2 amide bonds. The SMILES string of the molecule is CCN(Cc1ccco1)C(=O)NCc1nc(C(=O)O)cs1. The molecule has 0 aromatic carbocycles. The van der Waals surface area contributed by atoms with Crippen LogP contribution in [0.4, 0.5) is 4.79 Å². The maximum atomic E-state index is 12.0. The number of furan rings is 1. The van der Waals surface area contributed by atoms with Gasteiger partial charge in [0.2, 0.25) is 0 Å². The van der Waals surface area contributed by atoms with Gasteiger partial charge in [0.25, 0.3) is 0 Å². The van der Waals surface area contributed by atoms with Gasteiger partial charge in [0.15, 0.2) is 5.69 Å². The first kappa shape index (κ1) is 15.0. The summed E-state index contributed by atoms with van der Waals surface area (Å²) >= 11 is 1.20. The van der Waals surface area contributed by atoms with Crippen molar-refractivity contribution in [3.63, 3.8) is 0 Å². The number of hydrogen-bond donors (Lipinski definition) is 2. The molecule has 0 radical (unpaired) electrons. The monoisotopic (exact) mass is 309 g/mol. The largest absolute Gasteiger partial charge is 0.476 e. The normalized spacial score (nSPS) is 10.3. The van der Waals surface area contributed by atoms with Gasteiger partial charge in [-0.2, -0.15) is 0 Å². The summed E-state index contributed by atoms with van der Waals surface area (Å²) in [6, 6.07) is 3.32. The molecule has 0 bridgehead atoms. The molecule has 0 spiro atoms. The second-order valence-electron chi connectivity index (χ2n) is 4.18. The molecule has 8 heteroatoms. The molecule has 0 unspecified atom stereocenters. The minimum absolute atomic E-state index is 0.00724. The van der Waals surface area contributed by atoms with E-state index in [2.05, 4.69) is 10.3 Å². The molecular formula is C13H15N3O4S. The Balaban J connectivity index is 1.88. The van der Waals surface area contributed by atoms with Gasteiger partial charge >= 0.3 is 12.0 Å². The first-order valence-electron chi connectivity index (χ1n) is 6.33. The van der Waals surface area contributed by atoms with Crippen molar-refractivity contribution in [1.29, 1.82) is 0 Å². The molecule has 0 saturated carbocycles. The summed E-state index contributed by atoms with van der Waals surface area (Å²) < 4.78 is 5.21. The van der Waals surface area contributed by atoms with Crippen molar-refractivity contribution < 1.29 is 19.1 Å². The minimum Gasteiger partial charge on any atom is -0.476 e. The number of aromatic carboxylic acids is 1. The van der Waals surface area contributed by atoms with Crippen LogP contribution in [0.2, 0.25) is 0 Å². The highest BCUT2D eigenvalue weighted by molar-refractivity contribution is 7.09. The van der Waals surface area contributed by atoms with Crippen LogP contribution in [0.3, 0.4) is 0 Å². The van der Waals surface area contributed by atoms with Crippen LogP contribution in [-0.4, -0.2) is 33.5 Å². The van der Waals surface area contributed by atoms with Crippen molar-refractivity contribution in [2.45, 2.75) is 20.0 Å². The van der Waals surface area contributed by atoms with E-state index in [1.807, 2.05) is 6.92 Å². The molecular weight excluding hydrogens is 294 g/mol. The Kier molecular flexibility index (Phi) is 4.94. The second-order valence-corrected chi connectivity index (χ2v) is 5.13. The molecule has 0 aliphatic rings. The van der Waals surface area contributed by atoms with Gasteiger partial charge in [-0.1, -0.05) is 0 Å². The van der Waals surface area contributed by atoms with E-state index in [4.69, 9.17) is 9.52 Å². The Bertz CT molecular complexity index is 609. The van der Waals surface area contributed by atoms with Crippen molar-refractivity contribution in [2.75, 3.05) is 6.54 Å². The van der Waals surface area contributed by atoms with E-state index in [1.165, 1.54) is 16.7 Å². The Morgan fingerprint density at radius 3 is 2.90 bits per heavy atom. The summed E-state index contributed by atoms with van der Waals surface area (Å²) in [7, 11) is 0. The summed E-state index contributed by atoms with van der Waals surface area (Å²) in [5, 5.41) is 13.5. The van der Waals surface area contributed by atoms with E-state index in [0.29, 0.717) is 23.9 Å². The molecule has 0 aliphatic heterocycles. The Labute approximate surface area is 125 Å². The van der Waals surface area contributed by atoms with Gasteiger partial charge in [-0.05, 0) is 19.1 Å². The van der Waals surface area contributed by atoms with Gasteiger partial charge < -0.3 is 19.7 Å². The Morgan fingerprint density at radius 2 is 2.33 bits per heavy atom. The lowest BCUT2D eigenvalue weighted by Crippen LogP contribution is -2.38. The van der Waals surface area contributed by atoms with E-state index >= 15 is 0 Å². The molecule has 7 nitrogen and oxygen atoms in total. The van der Waals surface area contributed by atoms with E-state index in [9.17, 15) is 9.59 Å². The van der Waals surface area contributed by atoms with Crippen LogP contribution >= 0.6 is 11.3 Å². The predicted octanol–water partition coefficient (Wildman–Crippen LogP) is 2.17. The number of thiazole rings is 1. The van der Waals surface area contributed by atoms with E-state index in [0.717, 1.165) is 0 Å². The van der Waals surface area contributed by atoms with Crippen LogP contribution < -0.4 is 5.32 Å². The number of hydrogen-bond acceptors (Lipinski definition) is 5. The van der Waals surface area contributed by atoms with Gasteiger partial charge in [-0.15, -0.1) is 11.3 Å². The van der Waals surface area contributed by atoms with Crippen LogP contribution in [-0.2, 0) is 13.1 Å². The Morgan fingerprint density at radius 1 is 1.52 bits per heavy atom. The van der Waals surface area contributed by atoms with E-state index in [-0.39, 0.29) is 18.3 Å². The molecule has 2 rings (SSSR count). The zero-order valence-corrected chi connectivity index (χ0v) is 12.2. The molecule has 2 heterocycles. The Hall–Kier alpha value is -2.35. The maximum absolute atomic E-state index is 12.0. The lowest BCUT2D eigenvalue weighted by molar-refractivity contribution is 0.0691. The number of carboxylic acid groups (broad SMARTS) is 1. The van der Waals surface area contributed by atoms with Crippen molar-refractivity contribution in [3.8, 4) is 0 Å². The molecule has 0 fully saturated rings. The molecule has 2 aromatic heterocycles. The minimum atomic E-state index is -1.07. The standard InChI is InChI=1S/C13H15N3O4S/c1-2-16(7-9-4-3-5-20-9)13(19)14-6-11-15-10(8-21-11)12(17)18/h3-5,8H,2,6-7H2,1H3,(H,14,19)(H,17,18). The number of rotatable bonds is 6. The molecule has 2 aromatic rings. The predicted molar refractivity (Wildman–Crippen MR) is 76.1 cm³/mol. The number of carbonyl (C=O) groups is 2. The van der Waals surface area contributed by atoms with Crippen molar-refractivity contribution in [2.24, 2.45) is 0 Å². The number of urea groups is 1. The van der Waals surface area contributed by atoms with Crippen LogP contribution in [0, 0.1) is 0 Å². The summed E-state index contributed by atoms with van der Waals surface area (Å²) in [5.41, 5.74) is -0.00724. The molecule has 21 heavy (non-hydrogen) atoms.